The van der Waals surface area contributed by atoms with Gasteiger partial charge in [0.15, 0.2) is 0 Å². The molecule has 1 N–H and O–H groups in total. The van der Waals surface area contributed by atoms with Crippen molar-refractivity contribution >= 4 is 22.5 Å². The number of hydrogen-bond acceptors (Lipinski definition) is 6. The molecule has 0 radical (unpaired) electrons. The molecule has 3 aromatic rings. The van der Waals surface area contributed by atoms with Gasteiger partial charge in [-0.1, -0.05) is 18.2 Å². The molecule has 0 aliphatic carbocycles. The van der Waals surface area contributed by atoms with Gasteiger partial charge in [0.2, 0.25) is 0 Å². The van der Waals surface area contributed by atoms with E-state index in [1.54, 1.807) is 24.3 Å². The van der Waals surface area contributed by atoms with Gasteiger partial charge < -0.3 is 14.6 Å². The number of aromatic nitrogens is 2. The number of nitro benzene ring substituents is 1. The molecule has 0 bridgehead atoms. The molecule has 9 heteroatoms. The lowest BCUT2D eigenvalue weighted by molar-refractivity contribution is -0.384. The number of non-ortho nitro benzene ring substituents is 1. The zero-order valence-corrected chi connectivity index (χ0v) is 16.1. The molecule has 0 saturated carbocycles. The number of rotatable bonds is 6. The van der Waals surface area contributed by atoms with Crippen molar-refractivity contribution in [2.75, 3.05) is 13.2 Å². The number of nitrogens with zero attached hydrogens (tertiary/aromatic N) is 3. The van der Waals surface area contributed by atoms with Gasteiger partial charge in [-0.2, -0.15) is 0 Å². The van der Waals surface area contributed by atoms with E-state index in [4.69, 9.17) is 4.74 Å². The van der Waals surface area contributed by atoms with Crippen LogP contribution in [0.15, 0.2) is 53.3 Å². The Labute approximate surface area is 171 Å². The average molecular weight is 408 g/mol. The standard InChI is InChI=1S/C21H20N4O5/c26-20-17-8-1-2-9-18(17)22-19(23-20)13-24(12-16-7-4-10-30-16)21(27)14-5-3-6-15(11-14)25(28)29/h1-3,5-6,8-9,11,16H,4,7,10,12-13H2,(H,22,23,26)/t16-/m0/s1. The zero-order valence-electron chi connectivity index (χ0n) is 16.1. The van der Waals surface area contributed by atoms with Crippen LogP contribution in [0.3, 0.4) is 0 Å². The first-order valence-corrected chi connectivity index (χ1v) is 9.64. The number of H-pyrrole nitrogens is 1. The van der Waals surface area contributed by atoms with Crippen molar-refractivity contribution in [3.8, 4) is 0 Å². The number of fused-ring (bicyclic) bond motifs is 1. The van der Waals surface area contributed by atoms with E-state index in [0.29, 0.717) is 29.9 Å². The number of carbonyl (C=O) groups excluding carboxylic acids is 1. The van der Waals surface area contributed by atoms with Gasteiger partial charge in [0.25, 0.3) is 17.2 Å². The molecule has 30 heavy (non-hydrogen) atoms. The summed E-state index contributed by atoms with van der Waals surface area (Å²) in [7, 11) is 0. The second-order valence-corrected chi connectivity index (χ2v) is 7.16. The molecule has 1 fully saturated rings. The summed E-state index contributed by atoms with van der Waals surface area (Å²) < 4.78 is 5.67. The molecule has 9 nitrogen and oxygen atoms in total. The van der Waals surface area contributed by atoms with E-state index in [9.17, 15) is 19.7 Å². The Morgan fingerprint density at radius 1 is 1.27 bits per heavy atom. The van der Waals surface area contributed by atoms with E-state index >= 15 is 0 Å². The maximum Gasteiger partial charge on any atom is 0.270 e. The van der Waals surface area contributed by atoms with Crippen molar-refractivity contribution in [1.82, 2.24) is 14.9 Å². The van der Waals surface area contributed by atoms with Crippen LogP contribution in [0, 0.1) is 10.1 Å². The maximum absolute atomic E-state index is 13.2. The van der Waals surface area contributed by atoms with Crippen molar-refractivity contribution in [3.63, 3.8) is 0 Å². The predicted octanol–water partition coefficient (Wildman–Crippen LogP) is 2.65. The van der Waals surface area contributed by atoms with Crippen LogP contribution in [0.2, 0.25) is 0 Å². The molecule has 0 unspecified atom stereocenters. The lowest BCUT2D eigenvalue weighted by Gasteiger charge is -2.25. The van der Waals surface area contributed by atoms with Crippen LogP contribution in [-0.2, 0) is 11.3 Å². The third kappa shape index (κ3) is 4.20. The van der Waals surface area contributed by atoms with Gasteiger partial charge in [0.05, 0.1) is 28.5 Å². The molecule has 2 heterocycles. The highest BCUT2D eigenvalue weighted by Gasteiger charge is 2.25. The predicted molar refractivity (Wildman–Crippen MR) is 109 cm³/mol. The number of carbonyl (C=O) groups is 1. The molecule has 1 saturated heterocycles. The molecule has 1 atom stereocenters. The number of nitrogens with one attached hydrogen (secondary N) is 1. The Hall–Kier alpha value is -3.59. The van der Waals surface area contributed by atoms with Crippen molar-refractivity contribution in [3.05, 3.63) is 80.4 Å². The molecular weight excluding hydrogens is 388 g/mol. The first kappa shape index (κ1) is 19.7. The second-order valence-electron chi connectivity index (χ2n) is 7.16. The number of aromatic amines is 1. The third-order valence-electron chi connectivity index (χ3n) is 5.04. The van der Waals surface area contributed by atoms with Gasteiger partial charge in [-0.15, -0.1) is 0 Å². The number of benzene rings is 2. The number of ether oxygens (including phenoxy) is 1. The highest BCUT2D eigenvalue weighted by atomic mass is 16.6. The van der Waals surface area contributed by atoms with Gasteiger partial charge in [0, 0.05) is 30.8 Å². The van der Waals surface area contributed by atoms with Crippen LogP contribution in [0.25, 0.3) is 10.9 Å². The number of para-hydroxylation sites is 1. The Balaban J connectivity index is 1.66. The van der Waals surface area contributed by atoms with Gasteiger partial charge in [-0.3, -0.25) is 19.7 Å². The summed E-state index contributed by atoms with van der Waals surface area (Å²) in [6.07, 6.45) is 1.61. The minimum Gasteiger partial charge on any atom is -0.376 e. The third-order valence-corrected chi connectivity index (χ3v) is 5.04. The summed E-state index contributed by atoms with van der Waals surface area (Å²) in [4.78, 5) is 44.8. The lowest BCUT2D eigenvalue weighted by atomic mass is 10.1. The molecule has 1 aliphatic rings. The first-order valence-electron chi connectivity index (χ1n) is 9.64. The van der Waals surface area contributed by atoms with Gasteiger partial charge in [-0.25, -0.2) is 4.98 Å². The van der Waals surface area contributed by atoms with E-state index in [-0.39, 0.29) is 35.4 Å². The summed E-state index contributed by atoms with van der Waals surface area (Å²) >= 11 is 0. The van der Waals surface area contributed by atoms with Crippen LogP contribution < -0.4 is 5.56 Å². The normalized spacial score (nSPS) is 15.9. The fourth-order valence-electron chi connectivity index (χ4n) is 3.58. The topological polar surface area (TPSA) is 118 Å². The maximum atomic E-state index is 13.2. The highest BCUT2D eigenvalue weighted by molar-refractivity contribution is 5.94. The minimum atomic E-state index is -0.538. The summed E-state index contributed by atoms with van der Waals surface area (Å²) in [5.41, 5.74) is 0.298. The van der Waals surface area contributed by atoms with Crippen molar-refractivity contribution in [2.45, 2.75) is 25.5 Å². The average Bonchev–Trinajstić information content (AvgIpc) is 3.26. The quantitative estimate of drug-likeness (QED) is 0.495. The molecule has 1 amide bonds. The van der Waals surface area contributed by atoms with Gasteiger partial charge >= 0.3 is 0 Å². The molecule has 1 aliphatic heterocycles. The number of amides is 1. The SMILES string of the molecule is O=C(c1cccc([N+](=O)[O-])c1)N(Cc1nc2ccccc2c(=O)[nH]1)C[C@@H]1CCCO1. The van der Waals surface area contributed by atoms with Gasteiger partial charge in [0.1, 0.15) is 5.82 Å². The summed E-state index contributed by atoms with van der Waals surface area (Å²) in [6, 6.07) is 12.6. The zero-order chi connectivity index (χ0) is 21.1. The largest absolute Gasteiger partial charge is 0.376 e. The second kappa shape index (κ2) is 8.42. The molecular formula is C21H20N4O5. The molecule has 0 spiro atoms. The fourth-order valence-corrected chi connectivity index (χ4v) is 3.58. The molecule has 154 valence electrons. The summed E-state index contributed by atoms with van der Waals surface area (Å²) in [5.74, 6) is -0.0412. The number of nitro groups is 1. The van der Waals surface area contributed by atoms with Crippen LogP contribution in [0.4, 0.5) is 5.69 Å². The molecule has 2 aromatic carbocycles. The van der Waals surface area contributed by atoms with Crippen molar-refractivity contribution < 1.29 is 14.5 Å². The lowest BCUT2D eigenvalue weighted by Crippen LogP contribution is -2.38. The van der Waals surface area contributed by atoms with Crippen LogP contribution in [0.5, 0.6) is 0 Å². The molecule has 1 aromatic heterocycles. The monoisotopic (exact) mass is 408 g/mol. The smallest absolute Gasteiger partial charge is 0.270 e. The first-order chi connectivity index (χ1) is 14.5. The van der Waals surface area contributed by atoms with Crippen molar-refractivity contribution in [1.29, 1.82) is 0 Å². The Bertz CT molecular complexity index is 1150. The Kier molecular flexibility index (Phi) is 5.53. The number of hydrogen-bond donors (Lipinski definition) is 1. The van der Waals surface area contributed by atoms with E-state index in [2.05, 4.69) is 9.97 Å². The molecule has 4 rings (SSSR count). The van der Waals surface area contributed by atoms with Crippen LogP contribution in [0.1, 0.15) is 29.0 Å². The van der Waals surface area contributed by atoms with Crippen LogP contribution >= 0.6 is 0 Å². The summed E-state index contributed by atoms with van der Waals surface area (Å²) in [5, 5.41) is 11.6. The van der Waals surface area contributed by atoms with E-state index in [1.807, 2.05) is 0 Å². The van der Waals surface area contributed by atoms with E-state index < -0.39 is 4.92 Å². The minimum absolute atomic E-state index is 0.0570. The van der Waals surface area contributed by atoms with E-state index in [0.717, 1.165) is 12.8 Å². The highest BCUT2D eigenvalue weighted by Crippen LogP contribution is 2.19. The van der Waals surface area contributed by atoms with E-state index in [1.165, 1.54) is 29.2 Å². The summed E-state index contributed by atoms with van der Waals surface area (Å²) in [6.45, 7) is 0.994. The Morgan fingerprint density at radius 3 is 2.87 bits per heavy atom. The van der Waals surface area contributed by atoms with Crippen LogP contribution in [-0.4, -0.2) is 45.0 Å². The Morgan fingerprint density at radius 2 is 2.10 bits per heavy atom. The van der Waals surface area contributed by atoms with Gasteiger partial charge in [-0.05, 0) is 31.0 Å². The fraction of sp³-hybridized carbons (Fsp3) is 0.286. The van der Waals surface area contributed by atoms with Crippen molar-refractivity contribution in [2.24, 2.45) is 0 Å².